The number of aromatic hydroxyl groups is 1. The molecule has 0 atom stereocenters. The Balaban J connectivity index is 0.00000592. The molecule has 0 fully saturated rings. The summed E-state index contributed by atoms with van der Waals surface area (Å²) < 4.78 is 2.22. The van der Waals surface area contributed by atoms with E-state index in [2.05, 4.69) is 197 Å². The van der Waals surface area contributed by atoms with Crippen molar-refractivity contribution in [1.29, 1.82) is 0 Å². The number of nitrogens with zero attached hydrogens (tertiary/aromatic N) is 6. The van der Waals surface area contributed by atoms with E-state index in [0.29, 0.717) is 11.4 Å². The summed E-state index contributed by atoms with van der Waals surface area (Å²) in [5.41, 5.74) is 15.2. The van der Waals surface area contributed by atoms with Gasteiger partial charge in [-0.2, -0.15) is 4.80 Å². The van der Waals surface area contributed by atoms with E-state index in [4.69, 9.17) is 20.2 Å². The third-order valence-corrected chi connectivity index (χ3v) is 12.4. The second-order valence-electron chi connectivity index (χ2n) is 21.5. The minimum atomic E-state index is -0.322. The molecule has 0 radical (unpaired) electrons. The van der Waals surface area contributed by atoms with Gasteiger partial charge in [-0.25, -0.2) is 4.98 Å². The van der Waals surface area contributed by atoms with Gasteiger partial charge in [0.25, 0.3) is 0 Å². The Hall–Kier alpha value is -6.17. The standard InChI is InChI=1S/C58H59N6O.Pt/c1-55(2,3)39-29-40(56(4,5)6)31-42(30-39)64-61-48-34-47(59-35-49(48)62-64)38-23-18-22-37(28-38)44-25-19-27-51-52(44)60-54(45-32-41(57(7,8)9)33-46(53(45)65)58(10,11)12)63(51)50-26-17-16-24-43(50)36-20-14-13-15-21-36;/h13-27,29-35,65H,1-12H3;/q-1;. The van der Waals surface area contributed by atoms with Crippen LogP contribution in [-0.4, -0.2) is 34.6 Å². The third kappa shape index (κ3) is 8.78. The first-order chi connectivity index (χ1) is 30.6. The first kappa shape index (κ1) is 46.4. The molecule has 6 aromatic carbocycles. The van der Waals surface area contributed by atoms with E-state index in [1.54, 1.807) is 11.0 Å². The Morgan fingerprint density at radius 2 is 1.12 bits per heavy atom. The molecule has 0 saturated heterocycles. The number of hydrogen-bond donors (Lipinski definition) is 1. The van der Waals surface area contributed by atoms with Gasteiger partial charge >= 0.3 is 0 Å². The van der Waals surface area contributed by atoms with Crippen molar-refractivity contribution in [3.8, 4) is 62.0 Å². The number of fused-ring (bicyclic) bond motifs is 2. The molecule has 9 rings (SSSR count). The maximum Gasteiger partial charge on any atom is 0.148 e. The summed E-state index contributed by atoms with van der Waals surface area (Å²) >= 11 is 0. The van der Waals surface area contributed by atoms with Crippen LogP contribution in [0.1, 0.15) is 105 Å². The molecule has 0 unspecified atom stereocenters. The van der Waals surface area contributed by atoms with Crippen LogP contribution < -0.4 is 0 Å². The molecule has 7 nitrogen and oxygen atoms in total. The number of hydrogen-bond acceptors (Lipinski definition) is 5. The summed E-state index contributed by atoms with van der Waals surface area (Å²) in [4.78, 5) is 12.2. The van der Waals surface area contributed by atoms with E-state index in [9.17, 15) is 5.11 Å². The molecular formula is C58H59N6OPt-. The van der Waals surface area contributed by atoms with Gasteiger partial charge in [0.15, 0.2) is 0 Å². The van der Waals surface area contributed by atoms with Gasteiger partial charge in [0.1, 0.15) is 22.6 Å². The molecule has 3 aromatic heterocycles. The normalized spacial score (nSPS) is 12.5. The van der Waals surface area contributed by atoms with Gasteiger partial charge in [0.2, 0.25) is 0 Å². The van der Waals surface area contributed by atoms with E-state index < -0.39 is 0 Å². The van der Waals surface area contributed by atoms with Crippen molar-refractivity contribution in [2.45, 2.75) is 105 Å². The van der Waals surface area contributed by atoms with Crippen LogP contribution in [0.15, 0.2) is 134 Å². The molecular weight excluding hydrogens is 992 g/mol. The molecule has 8 heteroatoms. The Kier molecular flexibility index (Phi) is 11.9. The Morgan fingerprint density at radius 1 is 0.530 bits per heavy atom. The molecule has 1 N–H and O–H groups in total. The minimum absolute atomic E-state index is 0. The molecule has 0 aliphatic heterocycles. The molecule has 0 aliphatic rings. The van der Waals surface area contributed by atoms with Crippen LogP contribution in [0.5, 0.6) is 5.75 Å². The van der Waals surface area contributed by atoms with E-state index >= 15 is 0 Å². The van der Waals surface area contributed by atoms with E-state index in [1.807, 2.05) is 24.3 Å². The van der Waals surface area contributed by atoms with Crippen molar-refractivity contribution in [1.82, 2.24) is 29.5 Å². The third-order valence-electron chi connectivity index (χ3n) is 12.4. The maximum absolute atomic E-state index is 12.4. The molecule has 3 heterocycles. The fourth-order valence-electron chi connectivity index (χ4n) is 8.53. The van der Waals surface area contributed by atoms with Crippen LogP contribution in [0.2, 0.25) is 0 Å². The van der Waals surface area contributed by atoms with Crippen LogP contribution in [0.25, 0.3) is 78.3 Å². The fraction of sp³-hybridized carbons (Fsp3) is 0.276. The zero-order valence-corrected chi connectivity index (χ0v) is 42.4. The van der Waals surface area contributed by atoms with Crippen molar-refractivity contribution in [2.75, 3.05) is 0 Å². The Labute approximate surface area is 404 Å². The van der Waals surface area contributed by atoms with Crippen LogP contribution >= 0.6 is 0 Å². The van der Waals surface area contributed by atoms with Crippen LogP contribution in [0, 0.1) is 6.07 Å². The summed E-state index contributed by atoms with van der Waals surface area (Å²) in [7, 11) is 0. The topological polar surface area (TPSA) is 81.6 Å². The molecule has 66 heavy (non-hydrogen) atoms. The predicted molar refractivity (Wildman–Crippen MR) is 268 cm³/mol. The molecule has 0 spiro atoms. The molecule has 338 valence electrons. The summed E-state index contributed by atoms with van der Waals surface area (Å²) in [5, 5.41) is 22.3. The second-order valence-corrected chi connectivity index (χ2v) is 21.5. The molecule has 0 aliphatic carbocycles. The molecule has 0 bridgehead atoms. The largest absolute Gasteiger partial charge is 0.507 e. The zero-order chi connectivity index (χ0) is 46.2. The number of pyridine rings is 1. The van der Waals surface area contributed by atoms with Gasteiger partial charge in [-0.15, -0.1) is 40.0 Å². The average molecular weight is 1050 g/mol. The molecule has 9 aromatic rings. The van der Waals surface area contributed by atoms with Gasteiger partial charge in [-0.05, 0) is 80.3 Å². The van der Waals surface area contributed by atoms with E-state index in [-0.39, 0.29) is 48.5 Å². The Bertz CT molecular complexity index is 3230. The fourth-order valence-corrected chi connectivity index (χ4v) is 8.53. The number of para-hydroxylation sites is 2. The van der Waals surface area contributed by atoms with Crippen molar-refractivity contribution in [3.63, 3.8) is 0 Å². The quantitative estimate of drug-likeness (QED) is 0.168. The van der Waals surface area contributed by atoms with Gasteiger partial charge in [-0.3, -0.25) is 9.55 Å². The van der Waals surface area contributed by atoms with Crippen molar-refractivity contribution >= 4 is 22.1 Å². The van der Waals surface area contributed by atoms with Crippen molar-refractivity contribution in [2.24, 2.45) is 0 Å². The second kappa shape index (κ2) is 16.9. The van der Waals surface area contributed by atoms with Crippen LogP contribution in [0.4, 0.5) is 0 Å². The Morgan fingerprint density at radius 3 is 1.79 bits per heavy atom. The summed E-state index contributed by atoms with van der Waals surface area (Å²) in [6, 6.07) is 48.1. The van der Waals surface area contributed by atoms with Gasteiger partial charge in [0, 0.05) is 44.1 Å². The van der Waals surface area contributed by atoms with Crippen molar-refractivity contribution in [3.05, 3.63) is 162 Å². The summed E-state index contributed by atoms with van der Waals surface area (Å²) in [5.74, 6) is 0.906. The summed E-state index contributed by atoms with van der Waals surface area (Å²) in [6.45, 7) is 26.5. The number of imidazole rings is 1. The first-order valence-electron chi connectivity index (χ1n) is 22.6. The number of phenols is 1. The smallest absolute Gasteiger partial charge is 0.148 e. The van der Waals surface area contributed by atoms with Crippen LogP contribution in [0.3, 0.4) is 0 Å². The average Bonchev–Trinajstić information content (AvgIpc) is 3.87. The SMILES string of the molecule is CC(C)(C)c1cc(-n2nc3cnc(-c4[c-]c(-c5cccc6c5nc(-c5cc(C(C)(C)C)cc(C(C)(C)C)c5O)n6-c5ccccc5-c5ccccc5)ccc4)cc3n2)cc(C(C)(C)C)c1.[Pt]. The summed E-state index contributed by atoms with van der Waals surface area (Å²) in [6.07, 6.45) is 1.80. The van der Waals surface area contributed by atoms with Crippen LogP contribution in [-0.2, 0) is 42.7 Å². The maximum atomic E-state index is 12.4. The minimum Gasteiger partial charge on any atom is -0.507 e. The number of rotatable bonds is 6. The molecule has 0 amide bonds. The van der Waals surface area contributed by atoms with E-state index in [0.717, 1.165) is 78.1 Å². The first-order valence-corrected chi connectivity index (χ1v) is 22.6. The molecule has 0 saturated carbocycles. The number of benzene rings is 6. The zero-order valence-electron chi connectivity index (χ0n) is 40.1. The van der Waals surface area contributed by atoms with E-state index in [1.165, 1.54) is 11.1 Å². The number of aromatic nitrogens is 6. The van der Waals surface area contributed by atoms with Crippen molar-refractivity contribution < 1.29 is 26.2 Å². The predicted octanol–water partition coefficient (Wildman–Crippen LogP) is 14.5. The van der Waals surface area contributed by atoms with Gasteiger partial charge in [-0.1, -0.05) is 167 Å². The monoisotopic (exact) mass is 1050 g/mol. The van der Waals surface area contributed by atoms with Gasteiger partial charge in [0.05, 0.1) is 28.0 Å². The number of phenolic OH excluding ortho intramolecular Hbond substituents is 1. The van der Waals surface area contributed by atoms with Gasteiger partial charge < -0.3 is 5.11 Å².